The number of nitrogens with one attached hydrogen (secondary N) is 1. The normalized spacial score (nSPS) is 21.6. The maximum absolute atomic E-state index is 13.4. The van der Waals surface area contributed by atoms with Crippen LogP contribution in [0.2, 0.25) is 0 Å². The number of nitrogens with zero attached hydrogens (tertiary/aromatic N) is 3. The molecule has 1 saturated carbocycles. The lowest BCUT2D eigenvalue weighted by Gasteiger charge is -2.44. The van der Waals surface area contributed by atoms with Crippen molar-refractivity contribution in [3.63, 3.8) is 0 Å². The van der Waals surface area contributed by atoms with Crippen LogP contribution in [-0.2, 0) is 16.1 Å². The first kappa shape index (κ1) is 23.5. The van der Waals surface area contributed by atoms with Gasteiger partial charge < -0.3 is 15.4 Å². The zero-order valence-corrected chi connectivity index (χ0v) is 18.9. The molecular weight excluding hydrogens is 398 g/mol. The second-order valence-corrected chi connectivity index (χ2v) is 8.76. The number of rotatable bonds is 9. The van der Waals surface area contributed by atoms with Crippen molar-refractivity contribution in [2.24, 2.45) is 5.92 Å². The molecule has 0 unspecified atom stereocenters. The summed E-state index contributed by atoms with van der Waals surface area (Å²) < 4.78 is 6.54. The highest BCUT2D eigenvalue weighted by Gasteiger charge is 2.35. The third-order valence-corrected chi connectivity index (χ3v) is 6.74. The molecule has 174 valence electrons. The summed E-state index contributed by atoms with van der Waals surface area (Å²) in [7, 11) is 1.55. The largest absolute Gasteiger partial charge is 0.383 e. The van der Waals surface area contributed by atoms with Gasteiger partial charge in [-0.15, -0.1) is 0 Å². The van der Waals surface area contributed by atoms with Gasteiger partial charge in [0.25, 0.3) is 5.56 Å². The number of H-pyrrole nitrogens is 1. The Bertz CT molecular complexity index is 862. The van der Waals surface area contributed by atoms with Crippen LogP contribution in [0.5, 0.6) is 0 Å². The van der Waals surface area contributed by atoms with Gasteiger partial charge in [-0.2, -0.15) is 0 Å². The lowest BCUT2D eigenvalue weighted by molar-refractivity contribution is -0.121. The van der Waals surface area contributed by atoms with Crippen LogP contribution in [0.15, 0.2) is 9.59 Å². The number of ether oxygens (including phenoxy) is 1. The molecule has 0 spiro atoms. The molecule has 1 saturated heterocycles. The zero-order valence-electron chi connectivity index (χ0n) is 18.9. The number of carbonyl (C=O) groups is 1. The SMILES string of the molecule is CCCCn1c(N)c(N(CCOC)C(=O)CN2CCC[C@H]3CCCC[C@@H]32)c(=O)[nH]c1=O. The standard InChI is InChI=1S/C22H37N5O4/c1-3-4-12-27-20(23)19(21(29)24-22(27)30)26(13-14-31-2)18(28)15-25-11-7-9-16-8-5-6-10-17(16)25/h16-17H,3-15,23H2,1-2H3,(H,24,29,30)/t16-,17+/m1/s1. The van der Waals surface area contributed by atoms with Crippen LogP contribution >= 0.6 is 0 Å². The van der Waals surface area contributed by atoms with E-state index in [-0.39, 0.29) is 37.1 Å². The second-order valence-electron chi connectivity index (χ2n) is 8.76. The number of aromatic nitrogens is 2. The number of unbranched alkanes of at least 4 members (excludes halogenated alkanes) is 1. The lowest BCUT2D eigenvalue weighted by atomic mass is 9.78. The summed E-state index contributed by atoms with van der Waals surface area (Å²) in [4.78, 5) is 44.5. The van der Waals surface area contributed by atoms with Gasteiger partial charge in [-0.3, -0.25) is 24.0 Å². The quantitative estimate of drug-likeness (QED) is 0.608. The molecule has 0 bridgehead atoms. The number of nitrogen functional groups attached to an aromatic ring is 1. The number of likely N-dealkylation sites (tertiary alicyclic amines) is 1. The van der Waals surface area contributed by atoms with Gasteiger partial charge in [0.15, 0.2) is 5.69 Å². The molecule has 9 heteroatoms. The van der Waals surface area contributed by atoms with E-state index in [0.29, 0.717) is 18.5 Å². The van der Waals surface area contributed by atoms with Crippen molar-refractivity contribution in [2.75, 3.05) is 44.0 Å². The Morgan fingerprint density at radius 1 is 1.23 bits per heavy atom. The number of amides is 1. The third kappa shape index (κ3) is 5.38. The summed E-state index contributed by atoms with van der Waals surface area (Å²) in [6, 6.07) is 0.435. The maximum atomic E-state index is 13.4. The summed E-state index contributed by atoms with van der Waals surface area (Å²) in [5, 5.41) is 0. The van der Waals surface area contributed by atoms with E-state index in [1.54, 1.807) is 7.11 Å². The number of methoxy groups -OCH3 is 1. The first-order valence-corrected chi connectivity index (χ1v) is 11.6. The van der Waals surface area contributed by atoms with Gasteiger partial charge in [0.05, 0.1) is 13.2 Å². The number of fused-ring (bicyclic) bond motifs is 1. The number of hydrogen-bond acceptors (Lipinski definition) is 6. The molecule has 9 nitrogen and oxygen atoms in total. The van der Waals surface area contributed by atoms with Crippen molar-refractivity contribution in [1.29, 1.82) is 0 Å². The summed E-state index contributed by atoms with van der Waals surface area (Å²) in [6.45, 7) is 4.03. The van der Waals surface area contributed by atoms with E-state index < -0.39 is 11.2 Å². The van der Waals surface area contributed by atoms with Crippen molar-refractivity contribution in [3.8, 4) is 0 Å². The molecule has 2 aliphatic rings. The number of anilines is 2. The summed E-state index contributed by atoms with van der Waals surface area (Å²) >= 11 is 0. The number of piperidine rings is 1. The Kier molecular flexibility index (Phi) is 8.31. The minimum Gasteiger partial charge on any atom is -0.383 e. The van der Waals surface area contributed by atoms with Gasteiger partial charge in [0.1, 0.15) is 5.82 Å². The Morgan fingerprint density at radius 2 is 1.97 bits per heavy atom. The maximum Gasteiger partial charge on any atom is 0.330 e. The number of aromatic amines is 1. The topological polar surface area (TPSA) is 114 Å². The Morgan fingerprint density at radius 3 is 2.71 bits per heavy atom. The van der Waals surface area contributed by atoms with E-state index in [4.69, 9.17) is 10.5 Å². The number of carbonyl (C=O) groups excluding carboxylic acids is 1. The molecule has 2 fully saturated rings. The average Bonchev–Trinajstić information content (AvgIpc) is 2.76. The monoisotopic (exact) mass is 435 g/mol. The van der Waals surface area contributed by atoms with E-state index in [1.165, 1.54) is 35.2 Å². The van der Waals surface area contributed by atoms with Crippen molar-refractivity contribution in [2.45, 2.75) is 70.9 Å². The van der Waals surface area contributed by atoms with Crippen molar-refractivity contribution < 1.29 is 9.53 Å². The molecule has 2 heterocycles. The third-order valence-electron chi connectivity index (χ3n) is 6.74. The predicted octanol–water partition coefficient (Wildman–Crippen LogP) is 1.55. The molecule has 1 aromatic rings. The molecule has 3 N–H and O–H groups in total. The molecule has 1 aliphatic carbocycles. The molecule has 0 radical (unpaired) electrons. The highest BCUT2D eigenvalue weighted by Crippen LogP contribution is 2.35. The molecule has 31 heavy (non-hydrogen) atoms. The first-order chi connectivity index (χ1) is 15.0. The van der Waals surface area contributed by atoms with E-state index in [1.807, 2.05) is 6.92 Å². The van der Waals surface area contributed by atoms with Gasteiger partial charge in [-0.1, -0.05) is 26.2 Å². The number of hydrogen-bond donors (Lipinski definition) is 2. The van der Waals surface area contributed by atoms with E-state index in [2.05, 4.69) is 9.88 Å². The van der Waals surface area contributed by atoms with E-state index in [9.17, 15) is 14.4 Å². The fourth-order valence-corrected chi connectivity index (χ4v) is 5.10. The average molecular weight is 436 g/mol. The molecule has 1 aromatic heterocycles. The minimum atomic E-state index is -0.631. The van der Waals surface area contributed by atoms with Crippen LogP contribution in [0.4, 0.5) is 11.5 Å². The molecule has 2 atom stereocenters. The fraction of sp³-hybridized carbons (Fsp3) is 0.773. The minimum absolute atomic E-state index is 0.0424. The van der Waals surface area contributed by atoms with Gasteiger partial charge in [-0.25, -0.2) is 4.79 Å². The van der Waals surface area contributed by atoms with Gasteiger partial charge in [0.2, 0.25) is 5.91 Å². The first-order valence-electron chi connectivity index (χ1n) is 11.6. The smallest absolute Gasteiger partial charge is 0.330 e. The molecule has 1 aliphatic heterocycles. The van der Waals surface area contributed by atoms with Crippen molar-refractivity contribution >= 4 is 17.4 Å². The van der Waals surface area contributed by atoms with Crippen molar-refractivity contribution in [3.05, 3.63) is 20.8 Å². The molecule has 1 amide bonds. The molecule has 3 rings (SSSR count). The zero-order chi connectivity index (χ0) is 22.4. The summed E-state index contributed by atoms with van der Waals surface area (Å²) in [6.07, 6.45) is 8.79. The van der Waals surface area contributed by atoms with Gasteiger partial charge >= 0.3 is 5.69 Å². The number of nitrogens with two attached hydrogens (primary N) is 1. The van der Waals surface area contributed by atoms with Crippen LogP contribution in [0.3, 0.4) is 0 Å². The highest BCUT2D eigenvalue weighted by atomic mass is 16.5. The van der Waals surface area contributed by atoms with Crippen molar-refractivity contribution in [1.82, 2.24) is 14.5 Å². The van der Waals surface area contributed by atoms with Gasteiger partial charge in [0, 0.05) is 26.2 Å². The van der Waals surface area contributed by atoms with Crippen LogP contribution < -0.4 is 21.9 Å². The molecule has 0 aromatic carbocycles. The van der Waals surface area contributed by atoms with Crippen LogP contribution in [0.25, 0.3) is 0 Å². The van der Waals surface area contributed by atoms with Crippen LogP contribution in [-0.4, -0.2) is 59.8 Å². The highest BCUT2D eigenvalue weighted by molar-refractivity contribution is 5.96. The van der Waals surface area contributed by atoms with E-state index >= 15 is 0 Å². The lowest BCUT2D eigenvalue weighted by Crippen LogP contribution is -2.52. The second kappa shape index (κ2) is 10.9. The Balaban J connectivity index is 1.88. The predicted molar refractivity (Wildman–Crippen MR) is 121 cm³/mol. The van der Waals surface area contributed by atoms with Gasteiger partial charge in [-0.05, 0) is 44.6 Å². The summed E-state index contributed by atoms with van der Waals surface area (Å²) in [5.74, 6) is 0.522. The van der Waals surface area contributed by atoms with Crippen LogP contribution in [0, 0.1) is 5.92 Å². The Hall–Kier alpha value is -2.13. The fourth-order valence-electron chi connectivity index (χ4n) is 5.10. The summed E-state index contributed by atoms with van der Waals surface area (Å²) in [5.41, 5.74) is 5.15. The van der Waals surface area contributed by atoms with E-state index in [0.717, 1.165) is 32.2 Å². The van der Waals surface area contributed by atoms with Crippen LogP contribution in [0.1, 0.15) is 58.3 Å². The Labute approximate surface area is 183 Å². The molecular formula is C22H37N5O4.